The third-order valence-corrected chi connectivity index (χ3v) is 1.69. The minimum absolute atomic E-state index is 0.254. The zero-order valence-corrected chi connectivity index (χ0v) is 7.31. The van der Waals surface area contributed by atoms with Crippen LogP contribution in [-0.2, 0) is 10.9 Å². The molecule has 68 valence electrons. The van der Waals surface area contributed by atoms with Crippen molar-refractivity contribution in [1.82, 2.24) is 0 Å². The van der Waals surface area contributed by atoms with E-state index < -0.39 is 10.9 Å². The average Bonchev–Trinajstić information content (AvgIpc) is 2.08. The molecule has 0 atom stereocenters. The normalized spacial score (nSPS) is 9.31. The molecule has 0 aliphatic heterocycles. The van der Waals surface area contributed by atoms with Crippen LogP contribution in [0.5, 0.6) is 0 Å². The lowest BCUT2D eigenvalue weighted by atomic mass is 10.3. The van der Waals surface area contributed by atoms with E-state index in [-0.39, 0.29) is 11.4 Å². The third kappa shape index (κ3) is 2.66. The number of hydrogen-bond acceptors (Lipinski definition) is 3. The van der Waals surface area contributed by atoms with Crippen molar-refractivity contribution in [3.63, 3.8) is 0 Å². The van der Waals surface area contributed by atoms with Gasteiger partial charge in [0.25, 0.3) is 0 Å². The van der Waals surface area contributed by atoms with E-state index in [9.17, 15) is 8.42 Å². The van der Waals surface area contributed by atoms with Crippen molar-refractivity contribution in [1.29, 1.82) is 0 Å². The number of nitrogens with one attached hydrogen (secondary N) is 1. The number of anilines is 1. The minimum Gasteiger partial charge on any atom is -0.285 e. The number of hydrogen-bond donors (Lipinski definition) is 2. The summed E-state index contributed by atoms with van der Waals surface area (Å²) < 4.78 is 22.8. The summed E-state index contributed by atoms with van der Waals surface area (Å²) in [6, 6.07) is 6.31. The van der Waals surface area contributed by atoms with Gasteiger partial charge in [-0.25, -0.2) is 8.42 Å². The van der Waals surface area contributed by atoms with Crippen LogP contribution >= 0.6 is 0 Å². The fourth-order valence-electron chi connectivity index (χ4n) is 0.802. The Labute approximate surface area is 75.9 Å². The molecular formula is C6H6N4O2S. The van der Waals surface area contributed by atoms with Gasteiger partial charge in [-0.1, -0.05) is 23.3 Å². The zero-order chi connectivity index (χ0) is 9.68. The Kier molecular flexibility index (Phi) is 3.13. The molecule has 0 heterocycles. The van der Waals surface area contributed by atoms with Gasteiger partial charge in [-0.3, -0.25) is 4.72 Å². The van der Waals surface area contributed by atoms with Crippen molar-refractivity contribution in [2.45, 2.75) is 0 Å². The highest BCUT2D eigenvalue weighted by Gasteiger charge is 1.97. The van der Waals surface area contributed by atoms with Crippen molar-refractivity contribution in [2.75, 3.05) is 4.72 Å². The monoisotopic (exact) mass is 198 g/mol. The number of rotatable bonds is 3. The fourth-order valence-corrected chi connectivity index (χ4v) is 1.19. The van der Waals surface area contributed by atoms with Crippen molar-refractivity contribution in [3.05, 3.63) is 34.7 Å². The summed E-state index contributed by atoms with van der Waals surface area (Å²) in [5.41, 5.74) is 8.69. The van der Waals surface area contributed by atoms with E-state index in [1.807, 2.05) is 0 Å². The van der Waals surface area contributed by atoms with Gasteiger partial charge in [0.1, 0.15) is 0 Å². The first-order valence-corrected chi connectivity index (χ1v) is 4.47. The molecule has 0 aliphatic rings. The van der Waals surface area contributed by atoms with Crippen LogP contribution in [-0.4, -0.2) is 8.42 Å². The average molecular weight is 198 g/mol. The van der Waals surface area contributed by atoms with Crippen LogP contribution in [0.25, 0.3) is 10.4 Å². The summed E-state index contributed by atoms with van der Waals surface area (Å²) in [6.45, 7) is 0. The Hall–Kier alpha value is -1.72. The number of para-hydroxylation sites is 1. The van der Waals surface area contributed by atoms with E-state index in [4.69, 9.17) is 5.53 Å². The van der Waals surface area contributed by atoms with Gasteiger partial charge in [-0.05, 0) is 11.6 Å². The molecule has 7 heteroatoms. The largest absolute Gasteiger partial charge is 0.285 e. The van der Waals surface area contributed by atoms with Crippen LogP contribution in [0.2, 0.25) is 0 Å². The SMILES string of the molecule is [N-]=[N+]=Nc1ccccc1N[SH](=O)=O. The van der Waals surface area contributed by atoms with E-state index >= 15 is 0 Å². The highest BCUT2D eigenvalue weighted by molar-refractivity contribution is 7.73. The van der Waals surface area contributed by atoms with Gasteiger partial charge < -0.3 is 0 Å². The van der Waals surface area contributed by atoms with E-state index in [0.29, 0.717) is 0 Å². The van der Waals surface area contributed by atoms with Gasteiger partial charge in [0.15, 0.2) is 0 Å². The second kappa shape index (κ2) is 4.34. The lowest BCUT2D eigenvalue weighted by molar-refractivity contribution is 0.619. The van der Waals surface area contributed by atoms with Crippen LogP contribution in [0.3, 0.4) is 0 Å². The summed E-state index contributed by atoms with van der Waals surface area (Å²) in [4.78, 5) is 2.56. The Morgan fingerprint density at radius 2 is 2.08 bits per heavy atom. The summed E-state index contributed by atoms with van der Waals surface area (Å²) >= 11 is 0. The molecular weight excluding hydrogens is 192 g/mol. The predicted molar refractivity (Wildman–Crippen MR) is 49.2 cm³/mol. The number of nitrogens with zero attached hydrogens (tertiary/aromatic N) is 3. The molecule has 1 aromatic rings. The van der Waals surface area contributed by atoms with Crippen LogP contribution in [0.15, 0.2) is 29.4 Å². The molecule has 0 saturated heterocycles. The topological polar surface area (TPSA) is 94.9 Å². The molecule has 0 spiro atoms. The Balaban J connectivity index is 3.11. The van der Waals surface area contributed by atoms with Gasteiger partial charge in [0.05, 0.1) is 11.4 Å². The quantitative estimate of drug-likeness (QED) is 0.333. The van der Waals surface area contributed by atoms with Gasteiger partial charge in [0.2, 0.25) is 10.9 Å². The maximum absolute atomic E-state index is 10.3. The van der Waals surface area contributed by atoms with Crippen molar-refractivity contribution in [2.24, 2.45) is 5.11 Å². The zero-order valence-electron chi connectivity index (χ0n) is 6.41. The van der Waals surface area contributed by atoms with Crippen molar-refractivity contribution >= 4 is 22.3 Å². The molecule has 0 saturated carbocycles. The molecule has 0 amide bonds. The first kappa shape index (κ1) is 9.37. The molecule has 0 fully saturated rings. The fraction of sp³-hybridized carbons (Fsp3) is 0. The Morgan fingerprint density at radius 3 is 2.69 bits per heavy atom. The van der Waals surface area contributed by atoms with Crippen molar-refractivity contribution < 1.29 is 8.42 Å². The number of thiol groups is 1. The minimum atomic E-state index is -2.74. The predicted octanol–water partition coefficient (Wildman–Crippen LogP) is 1.57. The summed E-state index contributed by atoms with van der Waals surface area (Å²) in [6.07, 6.45) is 0. The molecule has 1 N–H and O–H groups in total. The van der Waals surface area contributed by atoms with E-state index in [2.05, 4.69) is 14.7 Å². The first-order chi connectivity index (χ1) is 6.24. The number of azide groups is 1. The second-order valence-electron chi connectivity index (χ2n) is 2.08. The summed E-state index contributed by atoms with van der Waals surface area (Å²) in [5, 5.41) is 3.31. The standard InChI is InChI=1S/C6H6N4O2S/c7-10-8-5-3-1-2-4-6(5)9-13(11)12/h1-4,13H,(H,9,11,12). The lowest BCUT2D eigenvalue weighted by Gasteiger charge is -2.00. The highest BCUT2D eigenvalue weighted by atomic mass is 32.2. The molecule has 13 heavy (non-hydrogen) atoms. The van der Waals surface area contributed by atoms with Gasteiger partial charge in [0, 0.05) is 4.91 Å². The van der Waals surface area contributed by atoms with Gasteiger partial charge >= 0.3 is 0 Å². The Morgan fingerprint density at radius 1 is 1.38 bits per heavy atom. The molecule has 0 aromatic heterocycles. The first-order valence-electron chi connectivity index (χ1n) is 3.29. The molecule has 6 nitrogen and oxygen atoms in total. The van der Waals surface area contributed by atoms with Crippen LogP contribution < -0.4 is 4.72 Å². The number of benzene rings is 1. The molecule has 1 rings (SSSR count). The molecule has 0 radical (unpaired) electrons. The van der Waals surface area contributed by atoms with Gasteiger partial charge in [-0.2, -0.15) is 0 Å². The highest BCUT2D eigenvalue weighted by Crippen LogP contribution is 2.23. The third-order valence-electron chi connectivity index (χ3n) is 1.27. The van der Waals surface area contributed by atoms with E-state index in [0.717, 1.165) is 0 Å². The molecule has 0 aliphatic carbocycles. The van der Waals surface area contributed by atoms with Crippen molar-refractivity contribution in [3.8, 4) is 0 Å². The molecule has 0 unspecified atom stereocenters. The smallest absolute Gasteiger partial charge is 0.222 e. The second-order valence-corrected chi connectivity index (χ2v) is 2.81. The van der Waals surface area contributed by atoms with E-state index in [1.165, 1.54) is 12.1 Å². The summed E-state index contributed by atoms with van der Waals surface area (Å²) in [7, 11) is -2.74. The Bertz CT molecular complexity index is 414. The lowest BCUT2D eigenvalue weighted by Crippen LogP contribution is -1.94. The van der Waals surface area contributed by atoms with Gasteiger partial charge in [-0.15, -0.1) is 0 Å². The maximum atomic E-state index is 10.3. The summed E-state index contributed by atoms with van der Waals surface area (Å²) in [5.74, 6) is 0. The van der Waals surface area contributed by atoms with Crippen LogP contribution in [0.4, 0.5) is 11.4 Å². The molecule has 0 bridgehead atoms. The molecule has 1 aromatic carbocycles. The maximum Gasteiger partial charge on any atom is 0.222 e. The van der Waals surface area contributed by atoms with E-state index in [1.54, 1.807) is 12.1 Å². The van der Waals surface area contributed by atoms with Crippen LogP contribution in [0.1, 0.15) is 0 Å². The van der Waals surface area contributed by atoms with Crippen LogP contribution in [0, 0.1) is 0 Å².